The third kappa shape index (κ3) is 3.84. The third-order valence-electron chi connectivity index (χ3n) is 2.90. The maximum Gasteiger partial charge on any atom is 0.191 e. The normalized spacial score (nSPS) is 11.5. The first-order valence-corrected chi connectivity index (χ1v) is 8.12. The molecule has 8 heteroatoms. The summed E-state index contributed by atoms with van der Waals surface area (Å²) in [4.78, 5) is 8.96. The summed E-state index contributed by atoms with van der Waals surface area (Å²) in [6.07, 6.45) is 3.42. The second-order valence-corrected chi connectivity index (χ2v) is 5.06. The summed E-state index contributed by atoms with van der Waals surface area (Å²) >= 11 is 1.50. The fraction of sp³-hybridized carbons (Fsp3) is 0.615. The fourth-order valence-corrected chi connectivity index (χ4v) is 2.31. The molecule has 0 atom stereocenters. The highest BCUT2D eigenvalue weighted by Crippen LogP contribution is 2.22. The molecule has 0 saturated carbocycles. The van der Waals surface area contributed by atoms with Gasteiger partial charge in [0.15, 0.2) is 17.1 Å². The maximum absolute atomic E-state index is 5.52. The summed E-state index contributed by atoms with van der Waals surface area (Å²) in [5.74, 6) is 0.752. The summed E-state index contributed by atoms with van der Waals surface area (Å²) in [6, 6.07) is 0. The molecule has 0 aliphatic heterocycles. The van der Waals surface area contributed by atoms with E-state index in [9.17, 15) is 0 Å². The Hall–Kier alpha value is -1.38. The molecular formula is C13H21N5O2S. The van der Waals surface area contributed by atoms with Crippen LogP contribution in [0.4, 0.5) is 5.82 Å². The van der Waals surface area contributed by atoms with Gasteiger partial charge in [-0.05, 0) is 20.1 Å². The molecule has 2 rings (SSSR count). The summed E-state index contributed by atoms with van der Waals surface area (Å²) in [5, 5.41) is 9.11. The lowest BCUT2D eigenvalue weighted by Gasteiger charge is -2.18. The molecule has 116 valence electrons. The number of rotatable bonds is 8. The van der Waals surface area contributed by atoms with Crippen molar-refractivity contribution >= 4 is 28.6 Å². The van der Waals surface area contributed by atoms with Gasteiger partial charge < -0.3 is 14.8 Å². The van der Waals surface area contributed by atoms with Gasteiger partial charge >= 0.3 is 0 Å². The predicted octanol–water partition coefficient (Wildman–Crippen LogP) is 1.90. The number of hydrogen-bond donors (Lipinski definition) is 1. The smallest absolute Gasteiger partial charge is 0.191 e. The lowest BCUT2D eigenvalue weighted by atomic mass is 10.4. The quantitative estimate of drug-likeness (QED) is 0.453. The molecule has 2 heterocycles. The molecular weight excluding hydrogens is 290 g/mol. The van der Waals surface area contributed by atoms with E-state index in [1.807, 2.05) is 27.2 Å². The van der Waals surface area contributed by atoms with Crippen LogP contribution in [0.25, 0.3) is 11.0 Å². The number of anilines is 1. The minimum absolute atomic E-state index is 0.292. The summed E-state index contributed by atoms with van der Waals surface area (Å²) in [5.41, 5.74) is 0.807. The second kappa shape index (κ2) is 7.58. The molecule has 2 aromatic heterocycles. The van der Waals surface area contributed by atoms with Crippen LogP contribution in [0.15, 0.2) is 11.4 Å². The van der Waals surface area contributed by atoms with E-state index in [0.29, 0.717) is 24.9 Å². The van der Waals surface area contributed by atoms with E-state index in [0.717, 1.165) is 16.9 Å². The van der Waals surface area contributed by atoms with Crippen LogP contribution in [0.1, 0.15) is 13.8 Å². The van der Waals surface area contributed by atoms with Gasteiger partial charge in [0.2, 0.25) is 0 Å². The van der Waals surface area contributed by atoms with Crippen LogP contribution in [-0.4, -0.2) is 52.1 Å². The zero-order chi connectivity index (χ0) is 15.2. The number of ether oxygens (including phenoxy) is 2. The average molecular weight is 311 g/mol. The van der Waals surface area contributed by atoms with Crippen LogP contribution >= 0.6 is 11.8 Å². The van der Waals surface area contributed by atoms with Crippen molar-refractivity contribution < 1.29 is 9.47 Å². The molecule has 0 aromatic carbocycles. The van der Waals surface area contributed by atoms with Crippen molar-refractivity contribution in [2.75, 3.05) is 31.3 Å². The molecule has 0 spiro atoms. The Morgan fingerprint density at radius 1 is 1.29 bits per heavy atom. The Morgan fingerprint density at radius 3 is 2.62 bits per heavy atom. The number of hydrogen-bond acceptors (Lipinski definition) is 7. The number of aromatic nitrogens is 4. The highest BCUT2D eigenvalue weighted by molar-refractivity contribution is 7.98. The van der Waals surface area contributed by atoms with Crippen LogP contribution < -0.4 is 5.32 Å². The number of nitrogens with one attached hydrogen (secondary N) is 1. The van der Waals surface area contributed by atoms with Crippen molar-refractivity contribution in [3.8, 4) is 0 Å². The minimum Gasteiger partial charge on any atom is -0.364 e. The molecule has 0 unspecified atom stereocenters. The van der Waals surface area contributed by atoms with E-state index in [1.54, 1.807) is 10.9 Å². The molecule has 0 radical (unpaired) electrons. The maximum atomic E-state index is 5.52. The van der Waals surface area contributed by atoms with Gasteiger partial charge in [-0.3, -0.25) is 4.68 Å². The van der Waals surface area contributed by atoms with Gasteiger partial charge in [0.25, 0.3) is 0 Å². The number of fused-ring (bicyclic) bond motifs is 1. The standard InChI is InChI=1S/C13H21N5O2S/c1-5-19-10(20-6-2)8-14-11-9-7-15-18(3)12(9)17-13(16-11)21-4/h7,10H,5-6,8H2,1-4H3,(H,14,16,17). The highest BCUT2D eigenvalue weighted by Gasteiger charge is 2.13. The molecule has 21 heavy (non-hydrogen) atoms. The molecule has 0 amide bonds. The van der Waals surface area contributed by atoms with Crippen LogP contribution in [0, 0.1) is 0 Å². The van der Waals surface area contributed by atoms with E-state index in [1.165, 1.54) is 11.8 Å². The van der Waals surface area contributed by atoms with E-state index in [4.69, 9.17) is 9.47 Å². The SMILES string of the molecule is CCOC(CNc1nc(SC)nc2c1cnn2C)OCC. The van der Waals surface area contributed by atoms with Gasteiger partial charge in [0.05, 0.1) is 18.1 Å². The van der Waals surface area contributed by atoms with Gasteiger partial charge in [-0.2, -0.15) is 5.10 Å². The monoisotopic (exact) mass is 311 g/mol. The number of nitrogens with zero attached hydrogens (tertiary/aromatic N) is 4. The topological polar surface area (TPSA) is 74.1 Å². The first-order valence-electron chi connectivity index (χ1n) is 6.90. The van der Waals surface area contributed by atoms with Crippen LogP contribution in [0.2, 0.25) is 0 Å². The van der Waals surface area contributed by atoms with Crippen molar-refractivity contribution in [3.05, 3.63) is 6.20 Å². The van der Waals surface area contributed by atoms with Gasteiger partial charge in [0.1, 0.15) is 5.82 Å². The molecule has 0 aliphatic rings. The van der Waals surface area contributed by atoms with Gasteiger partial charge in [0, 0.05) is 20.3 Å². The van der Waals surface area contributed by atoms with Crippen LogP contribution in [-0.2, 0) is 16.5 Å². The van der Waals surface area contributed by atoms with Crippen LogP contribution in [0.3, 0.4) is 0 Å². The second-order valence-electron chi connectivity index (χ2n) is 4.29. The Morgan fingerprint density at radius 2 is 2.00 bits per heavy atom. The van der Waals surface area contributed by atoms with Crippen molar-refractivity contribution in [3.63, 3.8) is 0 Å². The summed E-state index contributed by atoms with van der Waals surface area (Å²) in [7, 11) is 1.87. The lowest BCUT2D eigenvalue weighted by Crippen LogP contribution is -2.26. The molecule has 1 N–H and O–H groups in total. The largest absolute Gasteiger partial charge is 0.364 e. The van der Waals surface area contributed by atoms with Gasteiger partial charge in [-0.1, -0.05) is 11.8 Å². The molecule has 0 bridgehead atoms. The Labute approximate surface area is 128 Å². The number of aryl methyl sites for hydroxylation is 1. The van der Waals surface area contributed by atoms with Crippen molar-refractivity contribution in [1.29, 1.82) is 0 Å². The molecule has 2 aromatic rings. The van der Waals surface area contributed by atoms with Crippen molar-refractivity contribution in [2.24, 2.45) is 7.05 Å². The van der Waals surface area contributed by atoms with Crippen LogP contribution in [0.5, 0.6) is 0 Å². The Balaban J connectivity index is 2.20. The Bertz CT molecular complexity index is 583. The molecule has 0 saturated heterocycles. The molecule has 7 nitrogen and oxygen atoms in total. The Kier molecular flexibility index (Phi) is 5.77. The zero-order valence-corrected chi connectivity index (χ0v) is 13.6. The predicted molar refractivity (Wildman–Crippen MR) is 83.6 cm³/mol. The van der Waals surface area contributed by atoms with Gasteiger partial charge in [-0.25, -0.2) is 9.97 Å². The van der Waals surface area contributed by atoms with E-state index in [2.05, 4.69) is 20.4 Å². The highest BCUT2D eigenvalue weighted by atomic mass is 32.2. The van der Waals surface area contributed by atoms with E-state index >= 15 is 0 Å². The van der Waals surface area contributed by atoms with Crippen molar-refractivity contribution in [1.82, 2.24) is 19.7 Å². The average Bonchev–Trinajstić information content (AvgIpc) is 2.86. The molecule has 0 aliphatic carbocycles. The minimum atomic E-state index is -0.292. The first-order chi connectivity index (χ1) is 10.2. The zero-order valence-electron chi connectivity index (χ0n) is 12.8. The first kappa shape index (κ1) is 16.0. The fourth-order valence-electron chi connectivity index (χ4n) is 1.95. The van der Waals surface area contributed by atoms with Gasteiger partial charge in [-0.15, -0.1) is 0 Å². The lowest BCUT2D eigenvalue weighted by molar-refractivity contribution is -0.126. The van der Waals surface area contributed by atoms with E-state index in [-0.39, 0.29) is 6.29 Å². The number of thioether (sulfide) groups is 1. The summed E-state index contributed by atoms with van der Waals surface area (Å²) < 4.78 is 12.8. The molecule has 0 fully saturated rings. The van der Waals surface area contributed by atoms with E-state index < -0.39 is 0 Å². The third-order valence-corrected chi connectivity index (χ3v) is 3.44. The van der Waals surface area contributed by atoms with Crippen molar-refractivity contribution in [2.45, 2.75) is 25.3 Å². The summed E-state index contributed by atoms with van der Waals surface area (Å²) in [6.45, 7) is 5.63.